The number of nitrogens with zero attached hydrogens (tertiary/aromatic N) is 1. The highest BCUT2D eigenvalue weighted by Crippen LogP contribution is 2.23. The lowest BCUT2D eigenvalue weighted by molar-refractivity contribution is -0.121. The Morgan fingerprint density at radius 1 is 1.07 bits per heavy atom. The molecule has 0 bridgehead atoms. The molecule has 1 fully saturated rings. The molecule has 1 N–H and O–H groups in total. The second-order valence-electron chi connectivity index (χ2n) is 7.04. The second kappa shape index (κ2) is 9.88. The Kier molecular flexibility index (Phi) is 7.27. The van der Waals surface area contributed by atoms with E-state index in [9.17, 15) is 4.79 Å². The number of rotatable bonds is 7. The zero-order chi connectivity index (χ0) is 19.1. The second-order valence-corrected chi connectivity index (χ2v) is 7.47. The Bertz CT molecular complexity index is 715. The summed E-state index contributed by atoms with van der Waals surface area (Å²) in [6.07, 6.45) is 0.487. The average Bonchev–Trinajstić information content (AvgIpc) is 2.71. The first-order chi connectivity index (χ1) is 13.1. The number of ether oxygens (including phenoxy) is 1. The molecular formula is C22H27ClN2O2. The fraction of sp³-hybridized carbons (Fsp3) is 0.409. The lowest BCUT2D eigenvalue weighted by Crippen LogP contribution is -2.43. The number of nitrogens with one attached hydrogen (secondary N) is 1. The quantitative estimate of drug-likeness (QED) is 0.781. The van der Waals surface area contributed by atoms with E-state index in [-0.39, 0.29) is 17.9 Å². The molecule has 1 aliphatic rings. The highest BCUT2D eigenvalue weighted by molar-refractivity contribution is 6.30. The lowest BCUT2D eigenvalue weighted by atomic mass is 9.97. The van der Waals surface area contributed by atoms with Crippen LogP contribution in [0.4, 0.5) is 0 Å². The van der Waals surface area contributed by atoms with Gasteiger partial charge in [-0.05, 0) is 29.2 Å². The summed E-state index contributed by atoms with van der Waals surface area (Å²) >= 11 is 6.04. The summed E-state index contributed by atoms with van der Waals surface area (Å²) in [5.41, 5.74) is 2.35. The van der Waals surface area contributed by atoms with Crippen LogP contribution in [0, 0.1) is 0 Å². The monoisotopic (exact) mass is 386 g/mol. The van der Waals surface area contributed by atoms with Crippen molar-refractivity contribution in [2.75, 3.05) is 32.8 Å². The van der Waals surface area contributed by atoms with Crippen LogP contribution in [0.5, 0.6) is 0 Å². The molecule has 2 aromatic rings. The van der Waals surface area contributed by atoms with Crippen LogP contribution in [-0.2, 0) is 9.53 Å². The van der Waals surface area contributed by atoms with Gasteiger partial charge in [0.25, 0.3) is 0 Å². The topological polar surface area (TPSA) is 41.6 Å². The highest BCUT2D eigenvalue weighted by Gasteiger charge is 2.23. The van der Waals surface area contributed by atoms with Crippen LogP contribution in [0.3, 0.4) is 0 Å². The van der Waals surface area contributed by atoms with E-state index in [4.69, 9.17) is 16.3 Å². The summed E-state index contributed by atoms with van der Waals surface area (Å²) in [5, 5.41) is 3.86. The van der Waals surface area contributed by atoms with Gasteiger partial charge >= 0.3 is 0 Å². The molecule has 144 valence electrons. The number of carbonyl (C=O) groups is 1. The zero-order valence-corrected chi connectivity index (χ0v) is 16.5. The number of halogens is 1. The Balaban J connectivity index is 1.61. The van der Waals surface area contributed by atoms with E-state index in [1.54, 1.807) is 0 Å². The van der Waals surface area contributed by atoms with Crippen LogP contribution in [0.2, 0.25) is 5.02 Å². The third kappa shape index (κ3) is 5.80. The number of benzene rings is 2. The van der Waals surface area contributed by atoms with Crippen molar-refractivity contribution in [1.82, 2.24) is 10.2 Å². The van der Waals surface area contributed by atoms with E-state index in [0.29, 0.717) is 13.0 Å². The largest absolute Gasteiger partial charge is 0.379 e. The van der Waals surface area contributed by atoms with Crippen LogP contribution in [0.25, 0.3) is 0 Å². The molecule has 0 aliphatic carbocycles. The minimum absolute atomic E-state index is 0.0820. The van der Waals surface area contributed by atoms with E-state index >= 15 is 0 Å². The van der Waals surface area contributed by atoms with Gasteiger partial charge in [-0.15, -0.1) is 0 Å². The molecule has 3 rings (SSSR count). The number of hydrogen-bond donors (Lipinski definition) is 1. The fourth-order valence-electron chi connectivity index (χ4n) is 3.49. The lowest BCUT2D eigenvalue weighted by Gasteiger charge is -2.35. The Morgan fingerprint density at radius 3 is 2.41 bits per heavy atom. The number of amides is 1. The Morgan fingerprint density at radius 2 is 1.74 bits per heavy atom. The van der Waals surface area contributed by atoms with Gasteiger partial charge in [0.05, 0.1) is 19.3 Å². The van der Waals surface area contributed by atoms with E-state index in [1.165, 1.54) is 5.56 Å². The molecule has 2 atom stereocenters. The van der Waals surface area contributed by atoms with Crippen molar-refractivity contribution < 1.29 is 9.53 Å². The van der Waals surface area contributed by atoms with E-state index in [2.05, 4.69) is 29.3 Å². The molecule has 0 saturated carbocycles. The molecule has 27 heavy (non-hydrogen) atoms. The van der Waals surface area contributed by atoms with Crippen LogP contribution in [0.1, 0.15) is 36.4 Å². The standard InChI is InChI=1S/C22H27ClN2O2/c1-17(18-5-3-2-4-6-18)15-22(26)24-16-21(25-11-13-27-14-12-25)19-7-9-20(23)10-8-19/h2-10,17,21H,11-16H2,1H3,(H,24,26). The van der Waals surface area contributed by atoms with Crippen molar-refractivity contribution in [2.45, 2.75) is 25.3 Å². The fourth-order valence-corrected chi connectivity index (χ4v) is 3.62. The predicted octanol–water partition coefficient (Wildman–Crippen LogP) is 4.02. The zero-order valence-electron chi connectivity index (χ0n) is 15.7. The maximum atomic E-state index is 12.5. The molecule has 1 heterocycles. The van der Waals surface area contributed by atoms with Gasteiger partial charge in [-0.2, -0.15) is 0 Å². The average molecular weight is 387 g/mol. The van der Waals surface area contributed by atoms with Crippen molar-refractivity contribution in [1.29, 1.82) is 0 Å². The third-order valence-corrected chi connectivity index (χ3v) is 5.35. The van der Waals surface area contributed by atoms with Gasteiger partial charge in [0, 0.05) is 31.1 Å². The van der Waals surface area contributed by atoms with Crippen molar-refractivity contribution in [3.05, 3.63) is 70.7 Å². The summed E-state index contributed by atoms with van der Waals surface area (Å²) in [4.78, 5) is 14.9. The smallest absolute Gasteiger partial charge is 0.220 e. The van der Waals surface area contributed by atoms with Crippen LogP contribution in [-0.4, -0.2) is 43.7 Å². The molecular weight excluding hydrogens is 360 g/mol. The van der Waals surface area contributed by atoms with E-state index in [1.807, 2.05) is 42.5 Å². The van der Waals surface area contributed by atoms with Crippen LogP contribution >= 0.6 is 11.6 Å². The first kappa shape index (κ1) is 19.9. The molecule has 1 aliphatic heterocycles. The molecule has 1 amide bonds. The number of morpholine rings is 1. The number of hydrogen-bond acceptors (Lipinski definition) is 3. The molecule has 5 heteroatoms. The normalized spacial score (nSPS) is 17.3. The maximum Gasteiger partial charge on any atom is 0.220 e. The summed E-state index contributed by atoms with van der Waals surface area (Å²) in [5.74, 6) is 0.280. The van der Waals surface area contributed by atoms with E-state index < -0.39 is 0 Å². The van der Waals surface area contributed by atoms with Gasteiger partial charge in [0.2, 0.25) is 5.91 Å². The molecule has 0 spiro atoms. The predicted molar refractivity (Wildman–Crippen MR) is 109 cm³/mol. The van der Waals surface area contributed by atoms with E-state index in [0.717, 1.165) is 36.9 Å². The van der Waals surface area contributed by atoms with Crippen LogP contribution < -0.4 is 5.32 Å². The maximum absolute atomic E-state index is 12.5. The molecule has 2 aromatic carbocycles. The summed E-state index contributed by atoms with van der Waals surface area (Å²) in [6, 6.07) is 18.2. The summed E-state index contributed by atoms with van der Waals surface area (Å²) in [7, 11) is 0. The summed E-state index contributed by atoms with van der Waals surface area (Å²) in [6.45, 7) is 5.86. The van der Waals surface area contributed by atoms with Gasteiger partial charge in [0.1, 0.15) is 0 Å². The van der Waals surface area contributed by atoms with Crippen molar-refractivity contribution in [2.24, 2.45) is 0 Å². The van der Waals surface area contributed by atoms with Gasteiger partial charge in [-0.1, -0.05) is 61.0 Å². The number of carbonyl (C=O) groups excluding carboxylic acids is 1. The van der Waals surface area contributed by atoms with Crippen molar-refractivity contribution in [3.8, 4) is 0 Å². The van der Waals surface area contributed by atoms with Gasteiger partial charge in [-0.3, -0.25) is 9.69 Å². The van der Waals surface area contributed by atoms with Gasteiger partial charge in [0.15, 0.2) is 0 Å². The highest BCUT2D eigenvalue weighted by atomic mass is 35.5. The summed E-state index contributed by atoms with van der Waals surface area (Å²) < 4.78 is 5.48. The third-order valence-electron chi connectivity index (χ3n) is 5.09. The van der Waals surface area contributed by atoms with Crippen LogP contribution in [0.15, 0.2) is 54.6 Å². The first-order valence-electron chi connectivity index (χ1n) is 9.52. The molecule has 4 nitrogen and oxygen atoms in total. The first-order valence-corrected chi connectivity index (χ1v) is 9.90. The van der Waals surface area contributed by atoms with Gasteiger partial charge < -0.3 is 10.1 Å². The van der Waals surface area contributed by atoms with Gasteiger partial charge in [-0.25, -0.2) is 0 Å². The molecule has 0 radical (unpaired) electrons. The Labute approximate surface area is 166 Å². The minimum atomic E-state index is 0.0820. The molecule has 2 unspecified atom stereocenters. The molecule has 1 saturated heterocycles. The van der Waals surface area contributed by atoms with Crippen molar-refractivity contribution in [3.63, 3.8) is 0 Å². The van der Waals surface area contributed by atoms with Crippen molar-refractivity contribution >= 4 is 17.5 Å². The Hall–Kier alpha value is -1.88. The molecule has 0 aromatic heterocycles. The SMILES string of the molecule is CC(CC(=O)NCC(c1ccc(Cl)cc1)N1CCOCC1)c1ccccc1. The minimum Gasteiger partial charge on any atom is -0.379 e.